The summed E-state index contributed by atoms with van der Waals surface area (Å²) in [5, 5.41) is 14.0. The summed E-state index contributed by atoms with van der Waals surface area (Å²) in [7, 11) is 1.90. The molecule has 2 rings (SSSR count). The van der Waals surface area contributed by atoms with Crippen LogP contribution in [-0.4, -0.2) is 36.2 Å². The predicted octanol–water partition coefficient (Wildman–Crippen LogP) is 2.62. The van der Waals surface area contributed by atoms with Crippen LogP contribution in [0.4, 0.5) is 0 Å². The molecule has 0 aliphatic carbocycles. The number of hydrogen-bond acceptors (Lipinski definition) is 4. The molecule has 2 aromatic heterocycles. The molecule has 20 heavy (non-hydrogen) atoms. The van der Waals surface area contributed by atoms with Crippen molar-refractivity contribution in [2.75, 3.05) is 5.75 Å². The Morgan fingerprint density at radius 3 is 2.80 bits per heavy atom. The average Bonchev–Trinajstić information content (AvgIpc) is 2.86. The highest BCUT2D eigenvalue weighted by Gasteiger charge is 2.21. The lowest BCUT2D eigenvalue weighted by Gasteiger charge is -2.16. The molecule has 6 nitrogen and oxygen atoms in total. The van der Waals surface area contributed by atoms with Crippen molar-refractivity contribution in [3.05, 3.63) is 5.69 Å². The molecule has 1 atom stereocenters. The fraction of sp³-hybridized carbons (Fsp3) is 0.615. The van der Waals surface area contributed by atoms with Crippen molar-refractivity contribution >= 4 is 28.9 Å². The van der Waals surface area contributed by atoms with Gasteiger partial charge in [0.05, 0.1) is 11.4 Å². The summed E-state index contributed by atoms with van der Waals surface area (Å²) in [6, 6.07) is 0.274. The first kappa shape index (κ1) is 14.9. The summed E-state index contributed by atoms with van der Waals surface area (Å²) in [6.45, 7) is 6.21. The standard InChI is InChI=1S/C13H20N4O2S/c1-5-6-8(2)17-12-11(9(3)15-16(12)4)14-13(17)20-7-10(18)19/h8H,5-7H2,1-4H3,(H,18,19). The molecule has 7 heteroatoms. The van der Waals surface area contributed by atoms with Crippen molar-refractivity contribution in [1.82, 2.24) is 19.3 Å². The molecule has 1 N–H and O–H groups in total. The number of carbonyl (C=O) groups is 1. The second-order valence-electron chi connectivity index (χ2n) is 4.97. The molecule has 0 radical (unpaired) electrons. The number of hydrogen-bond donors (Lipinski definition) is 1. The molecule has 0 amide bonds. The van der Waals surface area contributed by atoms with Crippen LogP contribution in [0.25, 0.3) is 11.2 Å². The minimum absolute atomic E-state index is 0.0225. The Balaban J connectivity index is 2.51. The van der Waals surface area contributed by atoms with Crippen molar-refractivity contribution < 1.29 is 9.90 Å². The molecule has 110 valence electrons. The number of carboxylic acids is 1. The number of aromatic nitrogens is 4. The SMILES string of the molecule is CCCC(C)n1c(SCC(=O)O)nc2c(C)nn(C)c21. The highest BCUT2D eigenvalue weighted by atomic mass is 32.2. The molecule has 2 aromatic rings. The van der Waals surface area contributed by atoms with E-state index in [1.165, 1.54) is 11.8 Å². The van der Waals surface area contributed by atoms with Gasteiger partial charge in [-0.15, -0.1) is 0 Å². The van der Waals surface area contributed by atoms with Crippen molar-refractivity contribution in [3.8, 4) is 0 Å². The molecular formula is C13H20N4O2S. The van der Waals surface area contributed by atoms with Crippen molar-refractivity contribution in [3.63, 3.8) is 0 Å². The first-order valence-electron chi connectivity index (χ1n) is 6.71. The monoisotopic (exact) mass is 296 g/mol. The maximum Gasteiger partial charge on any atom is 0.313 e. The Bertz CT molecular complexity index is 632. The Morgan fingerprint density at radius 1 is 1.50 bits per heavy atom. The number of rotatable bonds is 6. The number of carboxylic acid groups (broad SMARTS) is 1. The second-order valence-corrected chi connectivity index (χ2v) is 5.91. The third kappa shape index (κ3) is 2.67. The minimum Gasteiger partial charge on any atom is -0.481 e. The quantitative estimate of drug-likeness (QED) is 0.830. The molecule has 0 aliphatic rings. The highest BCUT2D eigenvalue weighted by molar-refractivity contribution is 7.99. The van der Waals surface area contributed by atoms with Gasteiger partial charge in [0, 0.05) is 13.1 Å². The fourth-order valence-corrected chi connectivity index (χ4v) is 3.26. The summed E-state index contributed by atoms with van der Waals surface area (Å²) < 4.78 is 3.95. The number of aryl methyl sites for hydroxylation is 2. The topological polar surface area (TPSA) is 72.9 Å². The average molecular weight is 296 g/mol. The van der Waals surface area contributed by atoms with Gasteiger partial charge in [0.2, 0.25) is 0 Å². The fourth-order valence-electron chi connectivity index (χ4n) is 2.45. The maximum atomic E-state index is 10.8. The third-order valence-electron chi connectivity index (χ3n) is 3.27. The second kappa shape index (κ2) is 5.87. The Hall–Kier alpha value is -1.50. The van der Waals surface area contributed by atoms with Gasteiger partial charge in [0.1, 0.15) is 5.52 Å². The maximum absolute atomic E-state index is 10.8. The largest absolute Gasteiger partial charge is 0.481 e. The molecule has 0 aliphatic heterocycles. The summed E-state index contributed by atoms with van der Waals surface area (Å²) in [5.41, 5.74) is 2.71. The number of aliphatic carboxylic acids is 1. The molecule has 0 fully saturated rings. The van der Waals surface area contributed by atoms with Gasteiger partial charge in [-0.3, -0.25) is 9.48 Å². The summed E-state index contributed by atoms with van der Waals surface area (Å²) >= 11 is 1.27. The molecule has 1 unspecified atom stereocenters. The lowest BCUT2D eigenvalue weighted by molar-refractivity contribution is -0.133. The van der Waals surface area contributed by atoms with Crippen LogP contribution in [0, 0.1) is 6.92 Å². The molecule has 0 aromatic carbocycles. The van der Waals surface area contributed by atoms with E-state index in [0.717, 1.165) is 34.9 Å². The van der Waals surface area contributed by atoms with Crippen molar-refractivity contribution in [2.24, 2.45) is 7.05 Å². The molecule has 0 saturated carbocycles. The van der Waals surface area contributed by atoms with E-state index in [2.05, 4.69) is 28.5 Å². The van der Waals surface area contributed by atoms with E-state index in [1.807, 2.05) is 18.7 Å². The van der Waals surface area contributed by atoms with Gasteiger partial charge in [-0.25, -0.2) is 4.98 Å². The first-order chi connectivity index (χ1) is 9.45. The van der Waals surface area contributed by atoms with Crippen LogP contribution in [0.3, 0.4) is 0 Å². The molecular weight excluding hydrogens is 276 g/mol. The summed E-state index contributed by atoms with van der Waals surface area (Å²) in [4.78, 5) is 15.4. The lowest BCUT2D eigenvalue weighted by atomic mass is 10.2. The number of thioether (sulfide) groups is 1. The van der Waals surface area contributed by atoms with Crippen LogP contribution >= 0.6 is 11.8 Å². The lowest BCUT2D eigenvalue weighted by Crippen LogP contribution is -2.10. The Morgan fingerprint density at radius 2 is 2.20 bits per heavy atom. The van der Waals surface area contributed by atoms with E-state index in [-0.39, 0.29) is 11.8 Å². The molecule has 2 heterocycles. The van der Waals surface area contributed by atoms with Crippen LogP contribution in [-0.2, 0) is 11.8 Å². The van der Waals surface area contributed by atoms with Gasteiger partial charge < -0.3 is 9.67 Å². The van der Waals surface area contributed by atoms with Crippen molar-refractivity contribution in [1.29, 1.82) is 0 Å². The molecule has 0 spiro atoms. The predicted molar refractivity (Wildman–Crippen MR) is 79.2 cm³/mol. The molecule has 0 bridgehead atoms. The van der Waals surface area contributed by atoms with Gasteiger partial charge >= 0.3 is 5.97 Å². The zero-order valence-electron chi connectivity index (χ0n) is 12.3. The van der Waals surface area contributed by atoms with E-state index >= 15 is 0 Å². The van der Waals surface area contributed by atoms with Crippen LogP contribution in [0.5, 0.6) is 0 Å². The van der Waals surface area contributed by atoms with Crippen molar-refractivity contribution in [2.45, 2.75) is 44.8 Å². The summed E-state index contributed by atoms with van der Waals surface area (Å²) in [6.07, 6.45) is 2.09. The van der Waals surface area contributed by atoms with E-state index in [9.17, 15) is 4.79 Å². The number of nitrogens with zero attached hydrogens (tertiary/aromatic N) is 4. The van der Waals surface area contributed by atoms with E-state index < -0.39 is 5.97 Å². The highest BCUT2D eigenvalue weighted by Crippen LogP contribution is 2.30. The third-order valence-corrected chi connectivity index (χ3v) is 4.21. The van der Waals surface area contributed by atoms with Gasteiger partial charge in [-0.2, -0.15) is 5.10 Å². The normalized spacial score (nSPS) is 13.0. The van der Waals surface area contributed by atoms with Gasteiger partial charge in [0.25, 0.3) is 0 Å². The van der Waals surface area contributed by atoms with E-state index in [4.69, 9.17) is 5.11 Å². The first-order valence-corrected chi connectivity index (χ1v) is 7.70. The van der Waals surface area contributed by atoms with Crippen LogP contribution in [0.2, 0.25) is 0 Å². The Labute approximate surface area is 122 Å². The van der Waals surface area contributed by atoms with Gasteiger partial charge in [-0.1, -0.05) is 25.1 Å². The number of fused-ring (bicyclic) bond motifs is 1. The van der Waals surface area contributed by atoms with E-state index in [0.29, 0.717) is 0 Å². The van der Waals surface area contributed by atoms with E-state index in [1.54, 1.807) is 0 Å². The molecule has 0 saturated heterocycles. The van der Waals surface area contributed by atoms with Gasteiger partial charge in [-0.05, 0) is 20.3 Å². The smallest absolute Gasteiger partial charge is 0.313 e. The van der Waals surface area contributed by atoms with Gasteiger partial charge in [0.15, 0.2) is 10.8 Å². The zero-order valence-corrected chi connectivity index (χ0v) is 13.1. The van der Waals surface area contributed by atoms with Crippen LogP contribution in [0.15, 0.2) is 5.16 Å². The summed E-state index contributed by atoms with van der Waals surface area (Å²) in [5.74, 6) is -0.805. The van der Waals surface area contributed by atoms with Crippen LogP contribution in [0.1, 0.15) is 38.4 Å². The Kier molecular flexibility index (Phi) is 4.37. The van der Waals surface area contributed by atoms with Crippen LogP contribution < -0.4 is 0 Å². The zero-order chi connectivity index (χ0) is 14.9. The minimum atomic E-state index is -0.827. The number of imidazole rings is 1.